The second-order valence-electron chi connectivity index (χ2n) is 10.3. The van der Waals surface area contributed by atoms with Gasteiger partial charge in [0, 0.05) is 5.69 Å². The predicted octanol–water partition coefficient (Wildman–Crippen LogP) is -0.0183. The molecule has 1 aromatic carbocycles. The van der Waals surface area contributed by atoms with Crippen molar-refractivity contribution in [1.82, 2.24) is 16.0 Å². The molecule has 0 aromatic heterocycles. The number of carboxylic acids is 1. The second-order valence-corrected chi connectivity index (χ2v) is 10.3. The van der Waals surface area contributed by atoms with Crippen LogP contribution in [-0.4, -0.2) is 66.1 Å². The van der Waals surface area contributed by atoms with Gasteiger partial charge in [-0.2, -0.15) is 0 Å². The summed E-state index contributed by atoms with van der Waals surface area (Å²) in [4.78, 5) is 50.9. The lowest BCUT2D eigenvalue weighted by Crippen LogP contribution is -2.57. The van der Waals surface area contributed by atoms with E-state index in [-0.39, 0.29) is 25.2 Å². The first-order valence-electron chi connectivity index (χ1n) is 13.6. The second kappa shape index (κ2) is 18.1. The lowest BCUT2D eigenvalue weighted by atomic mass is 10.0. The Labute approximate surface area is 231 Å². The normalized spacial score (nSPS) is 14.2. The maximum absolute atomic E-state index is 13.3. The molecule has 0 spiro atoms. The summed E-state index contributed by atoms with van der Waals surface area (Å²) in [7, 11) is 0. The van der Waals surface area contributed by atoms with Gasteiger partial charge < -0.3 is 44.0 Å². The first-order valence-corrected chi connectivity index (χ1v) is 13.6. The summed E-state index contributed by atoms with van der Waals surface area (Å²) in [5, 5.41) is 17.5. The monoisotopic (exact) mass is 549 g/mol. The average molecular weight is 550 g/mol. The Hall–Kier alpha value is -3.22. The number of hydrogen-bond acceptors (Lipinski definition) is 8. The van der Waals surface area contributed by atoms with Crippen LogP contribution in [-0.2, 0) is 25.6 Å². The Kier molecular flexibility index (Phi) is 15.7. The van der Waals surface area contributed by atoms with Crippen molar-refractivity contribution in [2.24, 2.45) is 23.1 Å². The molecule has 0 fully saturated rings. The van der Waals surface area contributed by atoms with Crippen LogP contribution in [0.2, 0.25) is 0 Å². The minimum Gasteiger partial charge on any atom is -0.480 e. The van der Waals surface area contributed by atoms with Gasteiger partial charge in [-0.25, -0.2) is 4.79 Å². The fourth-order valence-corrected chi connectivity index (χ4v) is 4.04. The zero-order valence-electron chi connectivity index (χ0n) is 23.2. The number of carboxylic acid groups (broad SMARTS) is 1. The van der Waals surface area contributed by atoms with Crippen molar-refractivity contribution < 1.29 is 24.3 Å². The summed E-state index contributed by atoms with van der Waals surface area (Å²) in [6, 6.07) is 3.08. The van der Waals surface area contributed by atoms with E-state index in [1.807, 2.05) is 13.8 Å². The van der Waals surface area contributed by atoms with Crippen LogP contribution in [0.1, 0.15) is 64.4 Å². The lowest BCUT2D eigenvalue weighted by molar-refractivity contribution is -0.142. The van der Waals surface area contributed by atoms with Crippen molar-refractivity contribution in [3.05, 3.63) is 29.8 Å². The largest absolute Gasteiger partial charge is 0.480 e. The van der Waals surface area contributed by atoms with Crippen molar-refractivity contribution >= 4 is 29.4 Å². The molecule has 0 aliphatic heterocycles. The SMILES string of the molecule is CC(C)C[C@H](NC(=O)[C@H](CCCCN)NC(=O)[C@@H](N)Cc1ccc(N)cc1)C(=O)N[C@@H](CCCCN)C(=O)O. The smallest absolute Gasteiger partial charge is 0.326 e. The van der Waals surface area contributed by atoms with Gasteiger partial charge in [-0.15, -0.1) is 0 Å². The third-order valence-corrected chi connectivity index (χ3v) is 6.25. The Morgan fingerprint density at radius 3 is 1.77 bits per heavy atom. The molecule has 220 valence electrons. The summed E-state index contributed by atoms with van der Waals surface area (Å²) in [6.07, 6.45) is 3.47. The summed E-state index contributed by atoms with van der Waals surface area (Å²) >= 11 is 0. The minimum absolute atomic E-state index is 0.0279. The maximum atomic E-state index is 13.3. The van der Waals surface area contributed by atoms with Crippen molar-refractivity contribution in [2.45, 2.75) is 89.4 Å². The standard InChI is InChI=1S/C27H47N7O5/c1-17(2)15-23(26(37)33-22(27(38)39)8-4-6-14-29)34-25(36)21(7-3-5-13-28)32-24(35)20(31)16-18-9-11-19(30)12-10-18/h9-12,17,20-23H,3-8,13-16,28-31H2,1-2H3,(H,32,35)(H,33,37)(H,34,36)(H,38,39)/t20-,21-,22-,23-/m0/s1. The molecule has 0 bridgehead atoms. The molecule has 12 N–H and O–H groups in total. The van der Waals surface area contributed by atoms with Crippen LogP contribution in [0.3, 0.4) is 0 Å². The quantitative estimate of drug-likeness (QED) is 0.0855. The van der Waals surface area contributed by atoms with Gasteiger partial charge in [0.2, 0.25) is 17.7 Å². The highest BCUT2D eigenvalue weighted by molar-refractivity contribution is 5.94. The number of unbranched alkanes of at least 4 members (excludes halogenated alkanes) is 2. The number of amides is 3. The predicted molar refractivity (Wildman–Crippen MR) is 151 cm³/mol. The lowest BCUT2D eigenvalue weighted by Gasteiger charge is -2.26. The molecule has 12 heteroatoms. The highest BCUT2D eigenvalue weighted by Crippen LogP contribution is 2.11. The number of nitrogens with two attached hydrogens (primary N) is 4. The molecule has 3 amide bonds. The fraction of sp³-hybridized carbons (Fsp3) is 0.630. The highest BCUT2D eigenvalue weighted by Gasteiger charge is 2.30. The van der Waals surface area contributed by atoms with E-state index in [1.165, 1.54) is 0 Å². The van der Waals surface area contributed by atoms with Crippen LogP contribution < -0.4 is 38.9 Å². The van der Waals surface area contributed by atoms with Gasteiger partial charge in [-0.05, 0) is 88.1 Å². The first kappa shape index (κ1) is 33.8. The Balaban J connectivity index is 2.95. The number of rotatable bonds is 19. The van der Waals surface area contributed by atoms with E-state index in [0.717, 1.165) is 5.56 Å². The van der Waals surface area contributed by atoms with E-state index in [9.17, 15) is 24.3 Å². The average Bonchev–Trinajstić information content (AvgIpc) is 2.87. The Morgan fingerprint density at radius 1 is 0.769 bits per heavy atom. The Bertz CT molecular complexity index is 910. The Morgan fingerprint density at radius 2 is 1.26 bits per heavy atom. The van der Waals surface area contributed by atoms with E-state index in [0.29, 0.717) is 50.9 Å². The zero-order chi connectivity index (χ0) is 29.4. The van der Waals surface area contributed by atoms with Gasteiger partial charge in [-0.3, -0.25) is 14.4 Å². The van der Waals surface area contributed by atoms with Crippen LogP contribution in [0.15, 0.2) is 24.3 Å². The van der Waals surface area contributed by atoms with E-state index >= 15 is 0 Å². The zero-order valence-corrected chi connectivity index (χ0v) is 23.2. The minimum atomic E-state index is -1.16. The van der Waals surface area contributed by atoms with Crippen LogP contribution in [0.5, 0.6) is 0 Å². The summed E-state index contributed by atoms with van der Waals surface area (Å²) < 4.78 is 0. The number of carbonyl (C=O) groups excluding carboxylic acids is 3. The molecule has 12 nitrogen and oxygen atoms in total. The van der Waals surface area contributed by atoms with Crippen LogP contribution in [0.4, 0.5) is 5.69 Å². The molecular weight excluding hydrogens is 502 g/mol. The van der Waals surface area contributed by atoms with Crippen molar-refractivity contribution in [1.29, 1.82) is 0 Å². The highest BCUT2D eigenvalue weighted by atomic mass is 16.4. The van der Waals surface area contributed by atoms with E-state index in [1.54, 1.807) is 24.3 Å². The number of benzene rings is 1. The van der Waals surface area contributed by atoms with Crippen LogP contribution >= 0.6 is 0 Å². The van der Waals surface area contributed by atoms with Gasteiger partial charge in [0.1, 0.15) is 18.1 Å². The molecule has 0 aliphatic carbocycles. The van der Waals surface area contributed by atoms with Crippen LogP contribution in [0, 0.1) is 5.92 Å². The molecule has 0 unspecified atom stereocenters. The first-order chi connectivity index (χ1) is 18.5. The number of hydrogen-bond donors (Lipinski definition) is 8. The van der Waals surface area contributed by atoms with Gasteiger partial charge >= 0.3 is 5.97 Å². The fourth-order valence-electron chi connectivity index (χ4n) is 4.04. The van der Waals surface area contributed by atoms with E-state index < -0.39 is 47.9 Å². The van der Waals surface area contributed by atoms with Crippen LogP contribution in [0.25, 0.3) is 0 Å². The van der Waals surface area contributed by atoms with Gasteiger partial charge in [0.25, 0.3) is 0 Å². The molecule has 0 saturated carbocycles. The molecule has 1 rings (SSSR count). The summed E-state index contributed by atoms with van der Waals surface area (Å²) in [6.45, 7) is 4.63. The number of nitrogens with one attached hydrogen (secondary N) is 3. The van der Waals surface area contributed by atoms with Gasteiger partial charge in [0.05, 0.1) is 6.04 Å². The molecule has 0 aliphatic rings. The number of anilines is 1. The molecule has 0 saturated heterocycles. The third kappa shape index (κ3) is 13.4. The molecule has 0 radical (unpaired) electrons. The number of aliphatic carboxylic acids is 1. The van der Waals surface area contributed by atoms with Gasteiger partial charge in [0.15, 0.2) is 0 Å². The summed E-state index contributed by atoms with van der Waals surface area (Å²) in [5.41, 5.74) is 24.3. The van der Waals surface area contributed by atoms with Gasteiger partial charge in [-0.1, -0.05) is 26.0 Å². The molecular formula is C27H47N7O5. The van der Waals surface area contributed by atoms with E-state index in [4.69, 9.17) is 22.9 Å². The van der Waals surface area contributed by atoms with Crippen molar-refractivity contribution in [2.75, 3.05) is 18.8 Å². The molecule has 4 atom stereocenters. The number of nitrogen functional groups attached to an aromatic ring is 1. The number of carbonyl (C=O) groups is 4. The van der Waals surface area contributed by atoms with Crippen molar-refractivity contribution in [3.8, 4) is 0 Å². The molecule has 0 heterocycles. The topological polar surface area (TPSA) is 229 Å². The third-order valence-electron chi connectivity index (χ3n) is 6.25. The molecule has 39 heavy (non-hydrogen) atoms. The molecule has 1 aromatic rings. The maximum Gasteiger partial charge on any atom is 0.326 e. The summed E-state index contributed by atoms with van der Waals surface area (Å²) in [5.74, 6) is -2.77. The van der Waals surface area contributed by atoms with E-state index in [2.05, 4.69) is 16.0 Å². The van der Waals surface area contributed by atoms with Crippen molar-refractivity contribution in [3.63, 3.8) is 0 Å².